The predicted octanol–water partition coefficient (Wildman–Crippen LogP) is 3.74. The molecular formula is C17H26N2O. The van der Waals surface area contributed by atoms with E-state index in [0.717, 1.165) is 48.7 Å². The van der Waals surface area contributed by atoms with Crippen LogP contribution in [0.2, 0.25) is 0 Å². The maximum atomic E-state index is 12.3. The van der Waals surface area contributed by atoms with E-state index in [2.05, 4.69) is 17.6 Å². The summed E-state index contributed by atoms with van der Waals surface area (Å²) < 4.78 is 0. The van der Waals surface area contributed by atoms with E-state index in [4.69, 9.17) is 0 Å². The number of carbonyl (C=O) groups is 1. The van der Waals surface area contributed by atoms with Crippen LogP contribution in [0.5, 0.6) is 0 Å². The summed E-state index contributed by atoms with van der Waals surface area (Å²) in [6.45, 7) is 5.84. The average molecular weight is 274 g/mol. The highest BCUT2D eigenvalue weighted by atomic mass is 16.1. The van der Waals surface area contributed by atoms with Crippen LogP contribution in [0.25, 0.3) is 0 Å². The standard InChI is InChI=1S/C17H26N2O/c1-3-10-18-16-8-7-13(2)12-15(16)17(20)19-11-9-14-5-4-6-14/h7-8,12,14,18H,3-6,9-11H2,1-2H3,(H,19,20). The maximum Gasteiger partial charge on any atom is 0.253 e. The number of benzene rings is 1. The van der Waals surface area contributed by atoms with Gasteiger partial charge in [-0.1, -0.05) is 37.8 Å². The van der Waals surface area contributed by atoms with Crippen molar-refractivity contribution in [2.45, 2.75) is 46.0 Å². The molecule has 20 heavy (non-hydrogen) atoms. The van der Waals surface area contributed by atoms with Crippen molar-refractivity contribution in [3.63, 3.8) is 0 Å². The highest BCUT2D eigenvalue weighted by Gasteiger charge is 2.17. The minimum Gasteiger partial charge on any atom is -0.384 e. The lowest BCUT2D eigenvalue weighted by Crippen LogP contribution is -2.28. The van der Waals surface area contributed by atoms with Crippen molar-refractivity contribution in [2.24, 2.45) is 5.92 Å². The zero-order valence-corrected chi connectivity index (χ0v) is 12.7. The summed E-state index contributed by atoms with van der Waals surface area (Å²) in [6, 6.07) is 6.02. The first-order valence-electron chi connectivity index (χ1n) is 7.83. The minimum absolute atomic E-state index is 0.0478. The van der Waals surface area contributed by atoms with Crippen LogP contribution in [-0.2, 0) is 0 Å². The first-order chi connectivity index (χ1) is 9.70. The Morgan fingerprint density at radius 2 is 2.10 bits per heavy atom. The molecule has 0 aromatic heterocycles. The van der Waals surface area contributed by atoms with Crippen LogP contribution < -0.4 is 10.6 Å². The van der Waals surface area contributed by atoms with Crippen molar-refractivity contribution in [1.82, 2.24) is 5.32 Å². The van der Waals surface area contributed by atoms with E-state index in [1.807, 2.05) is 25.1 Å². The lowest BCUT2D eigenvalue weighted by molar-refractivity contribution is 0.0949. The van der Waals surface area contributed by atoms with Crippen LogP contribution >= 0.6 is 0 Å². The minimum atomic E-state index is 0.0478. The highest BCUT2D eigenvalue weighted by Crippen LogP contribution is 2.28. The Labute approximate surface area is 122 Å². The van der Waals surface area contributed by atoms with Crippen LogP contribution in [0, 0.1) is 12.8 Å². The van der Waals surface area contributed by atoms with Gasteiger partial charge in [0.1, 0.15) is 0 Å². The Balaban J connectivity index is 1.93. The molecule has 0 spiro atoms. The molecule has 1 aliphatic carbocycles. The Morgan fingerprint density at radius 1 is 1.30 bits per heavy atom. The van der Waals surface area contributed by atoms with Gasteiger partial charge in [-0.3, -0.25) is 4.79 Å². The van der Waals surface area contributed by atoms with Crippen LogP contribution in [-0.4, -0.2) is 19.0 Å². The number of anilines is 1. The molecule has 1 saturated carbocycles. The molecule has 0 aliphatic heterocycles. The van der Waals surface area contributed by atoms with Gasteiger partial charge in [-0.25, -0.2) is 0 Å². The molecule has 0 bridgehead atoms. The number of aryl methyl sites for hydroxylation is 1. The van der Waals surface area contributed by atoms with Crippen molar-refractivity contribution in [3.8, 4) is 0 Å². The second-order valence-electron chi connectivity index (χ2n) is 5.82. The Morgan fingerprint density at radius 3 is 2.75 bits per heavy atom. The summed E-state index contributed by atoms with van der Waals surface area (Å²) in [5.74, 6) is 0.886. The molecule has 0 atom stereocenters. The lowest BCUT2D eigenvalue weighted by Gasteiger charge is -2.25. The molecule has 0 heterocycles. The van der Waals surface area contributed by atoms with E-state index in [0.29, 0.717) is 0 Å². The van der Waals surface area contributed by atoms with Gasteiger partial charge in [-0.05, 0) is 37.8 Å². The molecule has 3 heteroatoms. The molecule has 1 aromatic rings. The van der Waals surface area contributed by atoms with Crippen LogP contribution in [0.15, 0.2) is 18.2 Å². The number of nitrogens with one attached hydrogen (secondary N) is 2. The Kier molecular flexibility index (Phi) is 5.45. The van der Waals surface area contributed by atoms with Gasteiger partial charge in [0.2, 0.25) is 0 Å². The summed E-state index contributed by atoms with van der Waals surface area (Å²) in [7, 11) is 0. The van der Waals surface area contributed by atoms with Gasteiger partial charge in [0.05, 0.1) is 5.56 Å². The lowest BCUT2D eigenvalue weighted by atomic mass is 9.83. The van der Waals surface area contributed by atoms with E-state index in [-0.39, 0.29) is 5.91 Å². The van der Waals surface area contributed by atoms with Gasteiger partial charge in [0, 0.05) is 18.8 Å². The van der Waals surface area contributed by atoms with Gasteiger partial charge < -0.3 is 10.6 Å². The molecule has 1 aliphatic rings. The van der Waals surface area contributed by atoms with E-state index in [1.54, 1.807) is 0 Å². The van der Waals surface area contributed by atoms with E-state index >= 15 is 0 Å². The largest absolute Gasteiger partial charge is 0.384 e. The number of hydrogen-bond acceptors (Lipinski definition) is 2. The van der Waals surface area contributed by atoms with E-state index < -0.39 is 0 Å². The molecule has 2 rings (SSSR count). The smallest absolute Gasteiger partial charge is 0.253 e. The van der Waals surface area contributed by atoms with Crippen molar-refractivity contribution in [2.75, 3.05) is 18.4 Å². The SMILES string of the molecule is CCCNc1ccc(C)cc1C(=O)NCCC1CCC1. The molecular weight excluding hydrogens is 248 g/mol. The van der Waals surface area contributed by atoms with Crippen LogP contribution in [0.1, 0.15) is 54.9 Å². The topological polar surface area (TPSA) is 41.1 Å². The second kappa shape index (κ2) is 7.32. The molecule has 1 aromatic carbocycles. The normalized spacial score (nSPS) is 14.7. The summed E-state index contributed by atoms with van der Waals surface area (Å²) in [5, 5.41) is 6.39. The molecule has 0 radical (unpaired) electrons. The summed E-state index contributed by atoms with van der Waals surface area (Å²) >= 11 is 0. The highest BCUT2D eigenvalue weighted by molar-refractivity contribution is 5.99. The predicted molar refractivity (Wildman–Crippen MR) is 84.3 cm³/mol. The number of rotatable bonds is 7. The van der Waals surface area contributed by atoms with Gasteiger partial charge in [-0.2, -0.15) is 0 Å². The third-order valence-corrected chi connectivity index (χ3v) is 4.05. The third kappa shape index (κ3) is 3.99. The molecule has 2 N–H and O–H groups in total. The van der Waals surface area contributed by atoms with Crippen molar-refractivity contribution in [3.05, 3.63) is 29.3 Å². The fourth-order valence-corrected chi connectivity index (χ4v) is 2.53. The average Bonchev–Trinajstić information content (AvgIpc) is 2.40. The molecule has 0 saturated heterocycles. The van der Waals surface area contributed by atoms with Gasteiger partial charge in [-0.15, -0.1) is 0 Å². The summed E-state index contributed by atoms with van der Waals surface area (Å²) in [4.78, 5) is 12.3. The van der Waals surface area contributed by atoms with E-state index in [9.17, 15) is 4.79 Å². The molecule has 3 nitrogen and oxygen atoms in total. The summed E-state index contributed by atoms with van der Waals surface area (Å²) in [6.07, 6.45) is 6.21. The van der Waals surface area contributed by atoms with E-state index in [1.165, 1.54) is 19.3 Å². The molecule has 0 unspecified atom stereocenters. The molecule has 110 valence electrons. The Hall–Kier alpha value is -1.51. The third-order valence-electron chi connectivity index (χ3n) is 4.05. The fourth-order valence-electron chi connectivity index (χ4n) is 2.53. The van der Waals surface area contributed by atoms with Crippen LogP contribution in [0.3, 0.4) is 0 Å². The van der Waals surface area contributed by atoms with Crippen molar-refractivity contribution in [1.29, 1.82) is 0 Å². The molecule has 1 fully saturated rings. The second-order valence-corrected chi connectivity index (χ2v) is 5.82. The molecule has 1 amide bonds. The number of carbonyl (C=O) groups excluding carboxylic acids is 1. The van der Waals surface area contributed by atoms with Crippen molar-refractivity contribution >= 4 is 11.6 Å². The number of amides is 1. The number of hydrogen-bond donors (Lipinski definition) is 2. The Bertz CT molecular complexity index is 452. The first-order valence-corrected chi connectivity index (χ1v) is 7.83. The zero-order chi connectivity index (χ0) is 14.4. The maximum absolute atomic E-state index is 12.3. The van der Waals surface area contributed by atoms with Crippen molar-refractivity contribution < 1.29 is 4.79 Å². The first kappa shape index (κ1) is 14.9. The van der Waals surface area contributed by atoms with Gasteiger partial charge >= 0.3 is 0 Å². The van der Waals surface area contributed by atoms with Gasteiger partial charge in [0.25, 0.3) is 5.91 Å². The van der Waals surface area contributed by atoms with Crippen LogP contribution in [0.4, 0.5) is 5.69 Å². The monoisotopic (exact) mass is 274 g/mol. The summed E-state index contributed by atoms with van der Waals surface area (Å²) in [5.41, 5.74) is 2.84. The quantitative estimate of drug-likeness (QED) is 0.795. The fraction of sp³-hybridized carbons (Fsp3) is 0.588. The zero-order valence-electron chi connectivity index (χ0n) is 12.7. The van der Waals surface area contributed by atoms with Gasteiger partial charge in [0.15, 0.2) is 0 Å².